The first-order chi connectivity index (χ1) is 13.0. The van der Waals surface area contributed by atoms with Crippen LogP contribution in [0.15, 0.2) is 54.6 Å². The van der Waals surface area contributed by atoms with E-state index in [0.29, 0.717) is 19.5 Å². The number of nitrogens with one attached hydrogen (secondary N) is 1. The van der Waals surface area contributed by atoms with Gasteiger partial charge in [0.25, 0.3) is 0 Å². The number of carbonyl (C=O) groups is 2. The van der Waals surface area contributed by atoms with Crippen LogP contribution < -0.4 is 5.32 Å². The Hall–Kier alpha value is -2.62. The Bertz CT molecular complexity index is 743. The quantitative estimate of drug-likeness (QED) is 0.685. The molecule has 0 saturated heterocycles. The Morgan fingerprint density at radius 2 is 1.74 bits per heavy atom. The molecule has 0 heterocycles. The number of benzene rings is 2. The molecular weight excluding hydrogens is 336 g/mol. The Kier molecular flexibility index (Phi) is 8.05. The summed E-state index contributed by atoms with van der Waals surface area (Å²) in [6.45, 7) is 6.99. The Morgan fingerprint density at radius 3 is 2.41 bits per heavy atom. The summed E-state index contributed by atoms with van der Waals surface area (Å²) in [7, 11) is 0. The van der Waals surface area contributed by atoms with Gasteiger partial charge in [-0.3, -0.25) is 9.59 Å². The fourth-order valence-electron chi connectivity index (χ4n) is 3.00. The van der Waals surface area contributed by atoms with Gasteiger partial charge in [0.2, 0.25) is 11.8 Å². The Labute approximate surface area is 162 Å². The predicted molar refractivity (Wildman–Crippen MR) is 109 cm³/mol. The van der Waals surface area contributed by atoms with Crippen LogP contribution in [0.25, 0.3) is 0 Å². The molecule has 144 valence electrons. The van der Waals surface area contributed by atoms with Gasteiger partial charge in [-0.05, 0) is 31.4 Å². The second-order valence-corrected chi connectivity index (χ2v) is 6.99. The van der Waals surface area contributed by atoms with Crippen LogP contribution in [0.4, 0.5) is 0 Å². The van der Waals surface area contributed by atoms with Crippen molar-refractivity contribution in [1.29, 1.82) is 0 Å². The van der Waals surface area contributed by atoms with Crippen LogP contribution in [-0.2, 0) is 22.6 Å². The second-order valence-electron chi connectivity index (χ2n) is 6.99. The van der Waals surface area contributed by atoms with E-state index in [9.17, 15) is 9.59 Å². The topological polar surface area (TPSA) is 49.4 Å². The SMILES string of the molecule is CCCCNC(=O)C(C)N(Cc1cccc(C)c1)C(=O)Cc1ccccc1. The molecule has 0 radical (unpaired) electrons. The Balaban J connectivity index is 2.16. The van der Waals surface area contributed by atoms with Crippen molar-refractivity contribution in [3.63, 3.8) is 0 Å². The monoisotopic (exact) mass is 366 g/mol. The van der Waals surface area contributed by atoms with Crippen molar-refractivity contribution in [3.05, 3.63) is 71.3 Å². The summed E-state index contributed by atoms with van der Waals surface area (Å²) < 4.78 is 0. The molecule has 2 aromatic rings. The van der Waals surface area contributed by atoms with E-state index in [1.54, 1.807) is 11.8 Å². The standard InChI is InChI=1S/C23H30N2O2/c1-4-5-14-24-23(27)19(3)25(17-21-13-9-10-18(2)15-21)22(26)16-20-11-7-6-8-12-20/h6-13,15,19H,4-5,14,16-17H2,1-3H3,(H,24,27). The highest BCUT2D eigenvalue weighted by atomic mass is 16.2. The number of hydrogen-bond acceptors (Lipinski definition) is 2. The largest absolute Gasteiger partial charge is 0.354 e. The van der Waals surface area contributed by atoms with Crippen molar-refractivity contribution in [1.82, 2.24) is 10.2 Å². The smallest absolute Gasteiger partial charge is 0.242 e. The summed E-state index contributed by atoms with van der Waals surface area (Å²) in [5.74, 6) is -0.140. The van der Waals surface area contributed by atoms with Crippen LogP contribution in [0, 0.1) is 6.92 Å². The normalized spacial score (nSPS) is 11.7. The van der Waals surface area contributed by atoms with Gasteiger partial charge in [-0.2, -0.15) is 0 Å². The lowest BCUT2D eigenvalue weighted by Crippen LogP contribution is -2.48. The molecule has 1 atom stereocenters. The van der Waals surface area contributed by atoms with E-state index in [2.05, 4.69) is 18.3 Å². The molecule has 27 heavy (non-hydrogen) atoms. The fraction of sp³-hybridized carbons (Fsp3) is 0.391. The van der Waals surface area contributed by atoms with Gasteiger partial charge in [-0.15, -0.1) is 0 Å². The molecule has 0 fully saturated rings. The first-order valence-corrected chi connectivity index (χ1v) is 9.68. The highest BCUT2D eigenvalue weighted by molar-refractivity contribution is 5.88. The third kappa shape index (κ3) is 6.55. The average Bonchev–Trinajstić information content (AvgIpc) is 2.66. The predicted octanol–water partition coefficient (Wildman–Crippen LogP) is 3.87. The zero-order valence-electron chi connectivity index (χ0n) is 16.6. The number of unbranched alkanes of at least 4 members (excludes halogenated alkanes) is 1. The summed E-state index contributed by atoms with van der Waals surface area (Å²) in [4.78, 5) is 27.3. The summed E-state index contributed by atoms with van der Waals surface area (Å²) in [6, 6.07) is 17.2. The number of nitrogens with zero attached hydrogens (tertiary/aromatic N) is 1. The van der Waals surface area contributed by atoms with Crippen LogP contribution in [0.3, 0.4) is 0 Å². The lowest BCUT2D eigenvalue weighted by molar-refractivity contribution is -0.140. The van der Waals surface area contributed by atoms with E-state index in [0.717, 1.165) is 29.5 Å². The highest BCUT2D eigenvalue weighted by Gasteiger charge is 2.26. The van der Waals surface area contributed by atoms with Gasteiger partial charge in [0.1, 0.15) is 6.04 Å². The van der Waals surface area contributed by atoms with Gasteiger partial charge in [0.05, 0.1) is 6.42 Å². The van der Waals surface area contributed by atoms with Crippen molar-refractivity contribution >= 4 is 11.8 Å². The van der Waals surface area contributed by atoms with E-state index < -0.39 is 6.04 Å². The molecule has 0 aromatic heterocycles. The van der Waals surface area contributed by atoms with Gasteiger partial charge >= 0.3 is 0 Å². The minimum Gasteiger partial charge on any atom is -0.354 e. The van der Waals surface area contributed by atoms with E-state index in [-0.39, 0.29) is 11.8 Å². The lowest BCUT2D eigenvalue weighted by atomic mass is 10.1. The molecular formula is C23H30N2O2. The molecule has 0 saturated carbocycles. The van der Waals surface area contributed by atoms with Crippen LogP contribution in [0.5, 0.6) is 0 Å². The molecule has 0 spiro atoms. The van der Waals surface area contributed by atoms with Gasteiger partial charge < -0.3 is 10.2 Å². The first kappa shape index (κ1) is 20.7. The molecule has 1 N–H and O–H groups in total. The molecule has 4 nitrogen and oxygen atoms in total. The summed E-state index contributed by atoms with van der Waals surface area (Å²) >= 11 is 0. The number of amides is 2. The Morgan fingerprint density at radius 1 is 1.04 bits per heavy atom. The maximum atomic E-state index is 13.0. The zero-order valence-corrected chi connectivity index (χ0v) is 16.6. The highest BCUT2D eigenvalue weighted by Crippen LogP contribution is 2.13. The third-order valence-corrected chi connectivity index (χ3v) is 4.63. The molecule has 2 rings (SSSR count). The molecule has 4 heteroatoms. The molecule has 0 bridgehead atoms. The molecule has 0 aliphatic rings. The molecule has 1 unspecified atom stereocenters. The summed E-state index contributed by atoms with van der Waals surface area (Å²) in [5.41, 5.74) is 3.13. The van der Waals surface area contributed by atoms with Gasteiger partial charge in [-0.25, -0.2) is 0 Å². The van der Waals surface area contributed by atoms with Crippen molar-refractivity contribution in [3.8, 4) is 0 Å². The molecule has 0 aliphatic heterocycles. The van der Waals surface area contributed by atoms with E-state index in [1.807, 2.05) is 55.5 Å². The number of rotatable bonds is 9. The van der Waals surface area contributed by atoms with Crippen molar-refractivity contribution in [2.24, 2.45) is 0 Å². The van der Waals surface area contributed by atoms with Crippen molar-refractivity contribution in [2.45, 2.75) is 52.6 Å². The van der Waals surface area contributed by atoms with Gasteiger partial charge in [0.15, 0.2) is 0 Å². The number of carbonyl (C=O) groups excluding carboxylic acids is 2. The second kappa shape index (κ2) is 10.5. The molecule has 2 aromatic carbocycles. The fourth-order valence-corrected chi connectivity index (χ4v) is 3.00. The maximum Gasteiger partial charge on any atom is 0.242 e. The average molecular weight is 367 g/mol. The van der Waals surface area contributed by atoms with Crippen LogP contribution in [0.2, 0.25) is 0 Å². The molecule has 0 aliphatic carbocycles. The summed E-state index contributed by atoms with van der Waals surface area (Å²) in [5, 5.41) is 2.95. The van der Waals surface area contributed by atoms with E-state index >= 15 is 0 Å². The lowest BCUT2D eigenvalue weighted by Gasteiger charge is -2.29. The van der Waals surface area contributed by atoms with Gasteiger partial charge in [-0.1, -0.05) is 73.5 Å². The van der Waals surface area contributed by atoms with Crippen LogP contribution in [-0.4, -0.2) is 29.3 Å². The first-order valence-electron chi connectivity index (χ1n) is 9.68. The van der Waals surface area contributed by atoms with Crippen molar-refractivity contribution < 1.29 is 9.59 Å². The zero-order chi connectivity index (χ0) is 19.6. The minimum absolute atomic E-state index is 0.0409. The molecule has 2 amide bonds. The maximum absolute atomic E-state index is 13.0. The van der Waals surface area contributed by atoms with Crippen LogP contribution >= 0.6 is 0 Å². The van der Waals surface area contributed by atoms with E-state index in [4.69, 9.17) is 0 Å². The number of hydrogen-bond donors (Lipinski definition) is 1. The van der Waals surface area contributed by atoms with Crippen molar-refractivity contribution in [2.75, 3.05) is 6.54 Å². The van der Waals surface area contributed by atoms with Gasteiger partial charge in [0, 0.05) is 13.1 Å². The number of aryl methyl sites for hydroxylation is 1. The minimum atomic E-state index is -0.515. The van der Waals surface area contributed by atoms with Crippen LogP contribution in [0.1, 0.15) is 43.4 Å². The van der Waals surface area contributed by atoms with E-state index in [1.165, 1.54) is 0 Å². The third-order valence-electron chi connectivity index (χ3n) is 4.63. The summed E-state index contributed by atoms with van der Waals surface area (Å²) in [6.07, 6.45) is 2.25.